The lowest BCUT2D eigenvalue weighted by molar-refractivity contribution is 0.600. The van der Waals surface area contributed by atoms with E-state index in [1.807, 2.05) is 0 Å². The van der Waals surface area contributed by atoms with Crippen molar-refractivity contribution in [3.05, 3.63) is 11.5 Å². The highest BCUT2D eigenvalue weighted by Gasteiger charge is 2.32. The predicted molar refractivity (Wildman–Crippen MR) is 66.9 cm³/mol. The summed E-state index contributed by atoms with van der Waals surface area (Å²) >= 11 is 5.80. The average Bonchev–Trinajstić information content (AvgIpc) is 2.62. The van der Waals surface area contributed by atoms with Crippen molar-refractivity contribution in [3.8, 4) is 0 Å². The number of aromatic nitrogens is 2. The second kappa shape index (κ2) is 4.30. The van der Waals surface area contributed by atoms with Crippen LogP contribution in [0.3, 0.4) is 0 Å². The van der Waals surface area contributed by atoms with E-state index in [4.69, 9.17) is 17.3 Å². The molecule has 2 N–H and O–H groups in total. The van der Waals surface area contributed by atoms with Crippen LogP contribution in [0.15, 0.2) is 6.33 Å². The Labute approximate surface area is 105 Å². The predicted octanol–water partition coefficient (Wildman–Crippen LogP) is 0.335. The molecule has 6 nitrogen and oxygen atoms in total. The second-order valence-corrected chi connectivity index (χ2v) is 6.66. The summed E-state index contributed by atoms with van der Waals surface area (Å²) in [4.78, 5) is 9.56. The summed E-state index contributed by atoms with van der Waals surface area (Å²) in [5, 5.41) is 0.183. The quantitative estimate of drug-likeness (QED) is 0.784. The van der Waals surface area contributed by atoms with Crippen LogP contribution in [0.5, 0.6) is 0 Å². The maximum absolute atomic E-state index is 11.4. The van der Waals surface area contributed by atoms with Crippen LogP contribution in [-0.4, -0.2) is 43.0 Å². The van der Waals surface area contributed by atoms with Crippen molar-refractivity contribution in [3.63, 3.8) is 0 Å². The highest BCUT2D eigenvalue weighted by atomic mass is 35.5. The van der Waals surface area contributed by atoms with Gasteiger partial charge in [-0.3, -0.25) is 0 Å². The van der Waals surface area contributed by atoms with E-state index in [0.717, 1.165) is 0 Å². The van der Waals surface area contributed by atoms with Crippen LogP contribution in [-0.2, 0) is 9.84 Å². The van der Waals surface area contributed by atoms with E-state index in [1.165, 1.54) is 6.33 Å². The number of sulfone groups is 1. The third-order valence-electron chi connectivity index (χ3n) is 2.90. The van der Waals surface area contributed by atoms with Crippen molar-refractivity contribution in [1.82, 2.24) is 9.97 Å². The summed E-state index contributed by atoms with van der Waals surface area (Å²) in [5.74, 6) is 0.817. The Hall–Kier alpha value is -1.08. The van der Waals surface area contributed by atoms with E-state index in [1.54, 1.807) is 11.9 Å². The molecule has 8 heteroatoms. The minimum absolute atomic E-state index is 0.103. The van der Waals surface area contributed by atoms with E-state index in [0.29, 0.717) is 12.2 Å². The van der Waals surface area contributed by atoms with E-state index >= 15 is 0 Å². The molecular formula is C9H13ClN4O2S. The number of hydrogen-bond acceptors (Lipinski definition) is 6. The minimum atomic E-state index is -2.93. The maximum atomic E-state index is 11.4. The molecular weight excluding hydrogens is 264 g/mol. The molecule has 1 aliphatic rings. The number of anilines is 2. The Balaban J connectivity index is 2.26. The summed E-state index contributed by atoms with van der Waals surface area (Å²) in [6.45, 7) is 0. The van der Waals surface area contributed by atoms with Crippen molar-refractivity contribution < 1.29 is 8.42 Å². The first-order valence-electron chi connectivity index (χ1n) is 5.10. The highest BCUT2D eigenvalue weighted by molar-refractivity contribution is 7.91. The lowest BCUT2D eigenvalue weighted by Gasteiger charge is -2.25. The topological polar surface area (TPSA) is 89.2 Å². The number of halogens is 1. The summed E-state index contributed by atoms with van der Waals surface area (Å²) in [6, 6.07) is -0.103. The number of nitrogens with two attached hydrogens (primary N) is 1. The van der Waals surface area contributed by atoms with Crippen molar-refractivity contribution in [2.45, 2.75) is 12.5 Å². The van der Waals surface area contributed by atoms with Gasteiger partial charge in [-0.05, 0) is 6.42 Å². The first-order valence-corrected chi connectivity index (χ1v) is 7.30. The smallest absolute Gasteiger partial charge is 0.157 e. The third-order valence-corrected chi connectivity index (χ3v) is 4.96. The van der Waals surface area contributed by atoms with Gasteiger partial charge in [-0.15, -0.1) is 0 Å². The van der Waals surface area contributed by atoms with Gasteiger partial charge in [0.05, 0.1) is 11.5 Å². The van der Waals surface area contributed by atoms with Gasteiger partial charge in [-0.1, -0.05) is 11.6 Å². The molecule has 1 fully saturated rings. The first kappa shape index (κ1) is 12.4. The van der Waals surface area contributed by atoms with Gasteiger partial charge in [0.25, 0.3) is 0 Å². The van der Waals surface area contributed by atoms with E-state index < -0.39 is 9.84 Å². The number of nitrogen functional groups attached to an aromatic ring is 1. The molecule has 0 aromatic carbocycles. The monoisotopic (exact) mass is 276 g/mol. The van der Waals surface area contributed by atoms with Gasteiger partial charge in [-0.2, -0.15) is 0 Å². The van der Waals surface area contributed by atoms with Gasteiger partial charge in [0.1, 0.15) is 12.0 Å². The Morgan fingerprint density at radius 2 is 2.24 bits per heavy atom. The van der Waals surface area contributed by atoms with Crippen LogP contribution in [0.2, 0.25) is 5.15 Å². The maximum Gasteiger partial charge on any atom is 0.157 e. The fourth-order valence-corrected chi connectivity index (χ4v) is 3.80. The molecule has 0 saturated carbocycles. The molecule has 0 radical (unpaired) electrons. The Kier molecular flexibility index (Phi) is 3.13. The molecule has 1 unspecified atom stereocenters. The molecule has 1 aromatic heterocycles. The van der Waals surface area contributed by atoms with E-state index in [2.05, 4.69) is 9.97 Å². The largest absolute Gasteiger partial charge is 0.393 e. The van der Waals surface area contributed by atoms with E-state index in [9.17, 15) is 8.42 Å². The molecule has 0 bridgehead atoms. The van der Waals surface area contributed by atoms with Gasteiger partial charge < -0.3 is 10.6 Å². The molecule has 2 heterocycles. The fraction of sp³-hybridized carbons (Fsp3) is 0.556. The molecule has 1 aliphatic heterocycles. The molecule has 0 aliphatic carbocycles. The Bertz CT molecular complexity index is 534. The van der Waals surface area contributed by atoms with Crippen LogP contribution in [0.1, 0.15) is 6.42 Å². The zero-order chi connectivity index (χ0) is 12.6. The van der Waals surface area contributed by atoms with Crippen molar-refractivity contribution in [2.75, 3.05) is 29.2 Å². The van der Waals surface area contributed by atoms with Crippen LogP contribution < -0.4 is 10.6 Å². The van der Waals surface area contributed by atoms with Crippen molar-refractivity contribution in [2.24, 2.45) is 0 Å². The Morgan fingerprint density at radius 3 is 2.82 bits per heavy atom. The fourth-order valence-electron chi connectivity index (χ4n) is 1.90. The average molecular weight is 277 g/mol. The van der Waals surface area contributed by atoms with Gasteiger partial charge >= 0.3 is 0 Å². The van der Waals surface area contributed by atoms with Gasteiger partial charge in [-0.25, -0.2) is 18.4 Å². The van der Waals surface area contributed by atoms with Crippen LogP contribution in [0.25, 0.3) is 0 Å². The van der Waals surface area contributed by atoms with Gasteiger partial charge in [0, 0.05) is 13.1 Å². The third kappa shape index (κ3) is 2.44. The molecule has 0 spiro atoms. The standard InChI is InChI=1S/C9H13ClN4O2S/c1-14(6-2-3-17(15,16)4-6)9-7(11)8(10)12-5-13-9/h5-6H,2-4,11H2,1H3. The molecule has 2 rings (SSSR count). The van der Waals surface area contributed by atoms with Crippen LogP contribution in [0, 0.1) is 0 Å². The zero-order valence-corrected chi connectivity index (χ0v) is 10.9. The minimum Gasteiger partial charge on any atom is -0.393 e. The normalized spacial score (nSPS) is 22.6. The van der Waals surface area contributed by atoms with E-state index in [-0.39, 0.29) is 28.4 Å². The van der Waals surface area contributed by atoms with Gasteiger partial charge in [0.2, 0.25) is 0 Å². The number of hydrogen-bond donors (Lipinski definition) is 1. The molecule has 1 saturated heterocycles. The molecule has 0 amide bonds. The van der Waals surface area contributed by atoms with Crippen molar-refractivity contribution >= 4 is 32.9 Å². The molecule has 17 heavy (non-hydrogen) atoms. The molecule has 1 atom stereocenters. The van der Waals surface area contributed by atoms with Crippen molar-refractivity contribution in [1.29, 1.82) is 0 Å². The number of rotatable bonds is 2. The summed E-state index contributed by atoms with van der Waals surface area (Å²) in [6.07, 6.45) is 1.90. The molecule has 94 valence electrons. The lowest BCUT2D eigenvalue weighted by Crippen LogP contribution is -2.33. The van der Waals surface area contributed by atoms with Gasteiger partial charge in [0.15, 0.2) is 20.8 Å². The summed E-state index contributed by atoms with van der Waals surface area (Å²) in [7, 11) is -1.17. The Morgan fingerprint density at radius 1 is 1.53 bits per heavy atom. The summed E-state index contributed by atoms with van der Waals surface area (Å²) in [5.41, 5.74) is 6.05. The second-order valence-electron chi connectivity index (χ2n) is 4.07. The highest BCUT2D eigenvalue weighted by Crippen LogP contribution is 2.28. The van der Waals surface area contributed by atoms with Crippen LogP contribution >= 0.6 is 11.6 Å². The number of nitrogens with zero attached hydrogens (tertiary/aromatic N) is 3. The summed E-state index contributed by atoms with van der Waals surface area (Å²) < 4.78 is 22.8. The first-order chi connectivity index (χ1) is 7.91. The molecule has 1 aromatic rings. The SMILES string of the molecule is CN(c1ncnc(Cl)c1N)C1CCS(=O)(=O)C1. The zero-order valence-electron chi connectivity index (χ0n) is 9.30. The van der Waals surface area contributed by atoms with Crippen LogP contribution in [0.4, 0.5) is 11.5 Å². The lowest BCUT2D eigenvalue weighted by atomic mass is 10.2.